The Kier molecular flexibility index (Phi) is 6.45. The molecule has 0 bridgehead atoms. The second kappa shape index (κ2) is 9.25. The van der Waals surface area contributed by atoms with Gasteiger partial charge in [-0.2, -0.15) is 13.2 Å². The molecule has 0 spiro atoms. The van der Waals surface area contributed by atoms with Gasteiger partial charge in [0.05, 0.1) is 11.3 Å². The van der Waals surface area contributed by atoms with E-state index in [9.17, 15) is 18.0 Å². The summed E-state index contributed by atoms with van der Waals surface area (Å²) in [5, 5.41) is 0. The zero-order chi connectivity index (χ0) is 21.8. The van der Waals surface area contributed by atoms with Crippen molar-refractivity contribution in [3.8, 4) is 11.5 Å². The number of nitrogens with zero attached hydrogens (tertiary/aromatic N) is 3. The summed E-state index contributed by atoms with van der Waals surface area (Å²) >= 11 is 1.44. The maximum absolute atomic E-state index is 12.7. The molecule has 2 aliphatic rings. The molecule has 2 aliphatic heterocycles. The van der Waals surface area contributed by atoms with Crippen molar-refractivity contribution < 1.29 is 27.4 Å². The fourth-order valence-corrected chi connectivity index (χ4v) is 4.31. The lowest BCUT2D eigenvalue weighted by atomic mass is 10.2. The van der Waals surface area contributed by atoms with Gasteiger partial charge in [0, 0.05) is 37.3 Å². The molecule has 1 fully saturated rings. The second-order valence-electron chi connectivity index (χ2n) is 7.22. The third-order valence-electron chi connectivity index (χ3n) is 5.12. The number of ether oxygens (including phenoxy) is 2. The van der Waals surface area contributed by atoms with Gasteiger partial charge in [0.1, 0.15) is 19.0 Å². The van der Waals surface area contributed by atoms with E-state index in [0.29, 0.717) is 62.5 Å². The van der Waals surface area contributed by atoms with Crippen LogP contribution in [0.4, 0.5) is 19.0 Å². The number of thioether (sulfide) groups is 1. The van der Waals surface area contributed by atoms with Gasteiger partial charge in [-0.15, -0.1) is 11.8 Å². The summed E-state index contributed by atoms with van der Waals surface area (Å²) in [6.07, 6.45) is -2.82. The normalized spacial score (nSPS) is 16.7. The van der Waals surface area contributed by atoms with Gasteiger partial charge in [0.2, 0.25) is 5.91 Å². The van der Waals surface area contributed by atoms with Crippen LogP contribution in [0.5, 0.6) is 11.5 Å². The number of fused-ring (bicyclic) bond motifs is 1. The van der Waals surface area contributed by atoms with Crippen molar-refractivity contribution in [1.82, 2.24) is 9.88 Å². The molecule has 6 nitrogen and oxygen atoms in total. The third-order valence-corrected chi connectivity index (χ3v) is 6.10. The summed E-state index contributed by atoms with van der Waals surface area (Å²) in [4.78, 5) is 21.3. The van der Waals surface area contributed by atoms with E-state index in [-0.39, 0.29) is 5.91 Å². The highest BCUT2D eigenvalue weighted by molar-refractivity contribution is 8.00. The Morgan fingerprint density at radius 3 is 2.58 bits per heavy atom. The van der Waals surface area contributed by atoms with Crippen LogP contribution >= 0.6 is 11.8 Å². The number of amides is 1. The summed E-state index contributed by atoms with van der Waals surface area (Å²) in [6.45, 7) is 3.32. The van der Waals surface area contributed by atoms with Gasteiger partial charge in [-0.3, -0.25) is 4.79 Å². The van der Waals surface area contributed by atoms with Crippen molar-refractivity contribution in [2.45, 2.75) is 17.5 Å². The van der Waals surface area contributed by atoms with Crippen LogP contribution < -0.4 is 14.4 Å². The molecule has 0 N–H and O–H groups in total. The van der Waals surface area contributed by atoms with Crippen molar-refractivity contribution >= 4 is 23.5 Å². The van der Waals surface area contributed by atoms with E-state index < -0.39 is 11.7 Å². The van der Waals surface area contributed by atoms with E-state index in [2.05, 4.69) is 4.98 Å². The molecular formula is C21H22F3N3O3S. The van der Waals surface area contributed by atoms with Crippen LogP contribution in [0.25, 0.3) is 0 Å². The molecule has 1 aromatic heterocycles. The predicted molar refractivity (Wildman–Crippen MR) is 111 cm³/mol. The predicted octanol–water partition coefficient (Wildman–Crippen LogP) is 3.70. The highest BCUT2D eigenvalue weighted by Gasteiger charge is 2.31. The maximum atomic E-state index is 12.7. The number of benzene rings is 1. The average molecular weight is 453 g/mol. The molecule has 2 aromatic rings. The number of carbonyl (C=O) groups is 1. The van der Waals surface area contributed by atoms with E-state index in [1.807, 2.05) is 23.1 Å². The molecule has 4 rings (SSSR count). The molecule has 0 radical (unpaired) electrons. The number of carbonyl (C=O) groups excluding carboxylic acids is 1. The molecule has 10 heteroatoms. The number of alkyl halides is 3. The molecule has 0 unspecified atom stereocenters. The molecule has 31 heavy (non-hydrogen) atoms. The molecule has 1 saturated heterocycles. The average Bonchev–Trinajstić information content (AvgIpc) is 3.03. The van der Waals surface area contributed by atoms with E-state index in [4.69, 9.17) is 9.47 Å². The maximum Gasteiger partial charge on any atom is 0.417 e. The SMILES string of the molecule is O=C(CSc1ccc2c(c1)OCCO2)N1CCCN(c2ccc(C(F)(F)F)cn2)CC1. The minimum Gasteiger partial charge on any atom is -0.486 e. The highest BCUT2D eigenvalue weighted by atomic mass is 32.2. The van der Waals surface area contributed by atoms with Crippen LogP contribution in [-0.4, -0.2) is 60.9 Å². The van der Waals surface area contributed by atoms with Crippen LogP contribution in [0.15, 0.2) is 41.4 Å². The number of halogens is 3. The lowest BCUT2D eigenvalue weighted by Gasteiger charge is -2.23. The minimum absolute atomic E-state index is 0.0297. The zero-order valence-corrected chi connectivity index (χ0v) is 17.5. The zero-order valence-electron chi connectivity index (χ0n) is 16.7. The monoisotopic (exact) mass is 453 g/mol. The first-order chi connectivity index (χ1) is 14.9. The van der Waals surface area contributed by atoms with Crippen molar-refractivity contribution in [3.63, 3.8) is 0 Å². The summed E-state index contributed by atoms with van der Waals surface area (Å²) in [5.41, 5.74) is -0.765. The van der Waals surface area contributed by atoms with Gasteiger partial charge < -0.3 is 19.3 Å². The number of hydrogen-bond acceptors (Lipinski definition) is 6. The molecule has 0 saturated carbocycles. The smallest absolute Gasteiger partial charge is 0.417 e. The van der Waals surface area contributed by atoms with Crippen molar-refractivity contribution in [2.75, 3.05) is 50.0 Å². The molecule has 3 heterocycles. The third kappa shape index (κ3) is 5.36. The largest absolute Gasteiger partial charge is 0.486 e. The Hall–Kier alpha value is -2.62. The number of anilines is 1. The fourth-order valence-electron chi connectivity index (χ4n) is 3.49. The van der Waals surface area contributed by atoms with E-state index in [0.717, 1.165) is 23.6 Å². The Labute approximate surface area is 182 Å². The summed E-state index contributed by atoms with van der Waals surface area (Å²) in [7, 11) is 0. The molecule has 1 aromatic carbocycles. The van der Waals surface area contributed by atoms with Gasteiger partial charge in [-0.05, 0) is 36.8 Å². The highest BCUT2D eigenvalue weighted by Crippen LogP contribution is 2.34. The van der Waals surface area contributed by atoms with Crippen molar-refractivity contribution in [2.24, 2.45) is 0 Å². The van der Waals surface area contributed by atoms with Crippen LogP contribution in [0, 0.1) is 0 Å². The number of pyridine rings is 1. The molecule has 0 aliphatic carbocycles. The first-order valence-electron chi connectivity index (χ1n) is 9.98. The van der Waals surface area contributed by atoms with Gasteiger partial charge in [0.15, 0.2) is 11.5 Å². The topological polar surface area (TPSA) is 54.9 Å². The number of rotatable bonds is 4. The van der Waals surface area contributed by atoms with Crippen LogP contribution in [0.1, 0.15) is 12.0 Å². The summed E-state index contributed by atoms with van der Waals surface area (Å²) < 4.78 is 49.3. The Morgan fingerprint density at radius 2 is 1.84 bits per heavy atom. The van der Waals surface area contributed by atoms with E-state index >= 15 is 0 Å². The lowest BCUT2D eigenvalue weighted by Crippen LogP contribution is -2.36. The van der Waals surface area contributed by atoms with Crippen molar-refractivity contribution in [1.29, 1.82) is 0 Å². The van der Waals surface area contributed by atoms with Crippen LogP contribution in [0.2, 0.25) is 0 Å². The number of hydrogen-bond donors (Lipinski definition) is 0. The first kappa shape index (κ1) is 21.6. The molecular weight excluding hydrogens is 431 g/mol. The van der Waals surface area contributed by atoms with Crippen molar-refractivity contribution in [3.05, 3.63) is 42.1 Å². The van der Waals surface area contributed by atoms with Gasteiger partial charge in [-0.25, -0.2) is 4.98 Å². The Balaban J connectivity index is 1.30. The molecule has 1 amide bonds. The standard InChI is InChI=1S/C21H22F3N3O3S/c22-21(23,24)15-2-5-19(25-13-15)26-6-1-7-27(9-8-26)20(28)14-31-16-3-4-17-18(12-16)30-11-10-29-17/h2-5,12-13H,1,6-11,14H2. The van der Waals surface area contributed by atoms with Crippen LogP contribution in [-0.2, 0) is 11.0 Å². The second-order valence-corrected chi connectivity index (χ2v) is 8.27. The summed E-state index contributed by atoms with van der Waals surface area (Å²) in [5.74, 6) is 2.23. The molecule has 0 atom stereocenters. The van der Waals surface area contributed by atoms with E-state index in [1.165, 1.54) is 17.8 Å². The minimum atomic E-state index is -4.40. The Morgan fingerprint density at radius 1 is 1.03 bits per heavy atom. The first-order valence-corrected chi connectivity index (χ1v) is 11.0. The lowest BCUT2D eigenvalue weighted by molar-refractivity contribution is -0.137. The van der Waals surface area contributed by atoms with Crippen LogP contribution in [0.3, 0.4) is 0 Å². The quantitative estimate of drug-likeness (QED) is 0.658. The van der Waals surface area contributed by atoms with Gasteiger partial charge in [-0.1, -0.05) is 0 Å². The fraction of sp³-hybridized carbons (Fsp3) is 0.429. The number of aromatic nitrogens is 1. The van der Waals surface area contributed by atoms with Gasteiger partial charge >= 0.3 is 6.18 Å². The molecule has 166 valence electrons. The van der Waals surface area contributed by atoms with E-state index in [1.54, 1.807) is 4.90 Å². The summed E-state index contributed by atoms with van der Waals surface area (Å²) in [6, 6.07) is 8.07. The van der Waals surface area contributed by atoms with Gasteiger partial charge in [0.25, 0.3) is 0 Å². The Bertz CT molecular complexity index is 924.